The van der Waals surface area contributed by atoms with E-state index in [4.69, 9.17) is 15.5 Å². The zero-order chi connectivity index (χ0) is 8.28. The van der Waals surface area contributed by atoms with Gasteiger partial charge in [0.25, 0.3) is 0 Å². The molecule has 64 valence electrons. The lowest BCUT2D eigenvalue weighted by Crippen LogP contribution is -1.85. The lowest BCUT2D eigenvalue weighted by molar-refractivity contribution is 0.216. The number of rotatable bonds is 0. The first kappa shape index (κ1) is 22.8. The maximum Gasteiger partial charge on any atom is 0.0587 e. The highest BCUT2D eigenvalue weighted by Gasteiger charge is 1.69. The van der Waals surface area contributed by atoms with Crippen LogP contribution in [0.2, 0.25) is 0 Å². The molecule has 4 heteroatoms. The Hall–Kier alpha value is -0.630. The molecular formula is C6H17NO3. The van der Waals surface area contributed by atoms with Crippen molar-refractivity contribution in [3.63, 3.8) is 0 Å². The van der Waals surface area contributed by atoms with Crippen molar-refractivity contribution in [2.75, 3.05) is 7.11 Å². The number of hydrogen-bond acceptors (Lipinski definition) is 3. The molecule has 0 aromatic rings. The maximum atomic E-state index is 8.06. The van der Waals surface area contributed by atoms with Crippen LogP contribution in [0.15, 0.2) is 0 Å². The number of nitriles is 1. The van der Waals surface area contributed by atoms with E-state index in [9.17, 15) is 0 Å². The molecular weight excluding hydrogens is 134 g/mol. The molecule has 0 radical (unpaired) electrons. The van der Waals surface area contributed by atoms with E-state index in [1.807, 2.05) is 0 Å². The highest BCUT2D eigenvalue weighted by molar-refractivity contribution is 4.51. The molecule has 0 unspecified atom stereocenters. The number of aliphatic hydroxyl groups excluding tert-OH is 2. The fourth-order valence-electron chi connectivity index (χ4n) is 0. The lowest BCUT2D eigenvalue weighted by atomic mass is 10.5. The van der Waals surface area contributed by atoms with Gasteiger partial charge in [-0.3, -0.25) is 0 Å². The summed E-state index contributed by atoms with van der Waals surface area (Å²) in [4.78, 5) is 0. The van der Waals surface area contributed by atoms with Crippen molar-refractivity contribution in [1.82, 2.24) is 0 Å². The Morgan fingerprint density at radius 3 is 1.30 bits per heavy atom. The Bertz CT molecular complexity index is 55.7. The van der Waals surface area contributed by atoms with Gasteiger partial charge in [-0.1, -0.05) is 0 Å². The second-order valence-corrected chi connectivity index (χ2v) is 1.32. The molecule has 0 heterocycles. The van der Waals surface area contributed by atoms with Crippen LogP contribution >= 0.6 is 0 Å². The van der Waals surface area contributed by atoms with Gasteiger partial charge in [0.1, 0.15) is 0 Å². The van der Waals surface area contributed by atoms with Gasteiger partial charge in [0.15, 0.2) is 0 Å². The van der Waals surface area contributed by atoms with Crippen molar-refractivity contribution in [3.8, 4) is 6.07 Å². The van der Waals surface area contributed by atoms with Crippen molar-refractivity contribution in [1.29, 1.82) is 5.26 Å². The third-order valence-electron chi connectivity index (χ3n) is 0. The molecule has 0 saturated carbocycles. The van der Waals surface area contributed by atoms with Crippen molar-refractivity contribution < 1.29 is 15.7 Å². The molecule has 10 heavy (non-hydrogen) atoms. The summed E-state index contributed by atoms with van der Waals surface area (Å²) < 4.78 is 0. The van der Waals surface area contributed by atoms with Crippen molar-refractivity contribution >= 4 is 0 Å². The molecule has 0 bridgehead atoms. The summed E-state index contributed by atoms with van der Waals surface area (Å²) in [6, 6.07) is 1.75. The van der Waals surface area contributed by atoms with Gasteiger partial charge in [0, 0.05) is 20.1 Å². The first-order valence-corrected chi connectivity index (χ1v) is 2.58. The third-order valence-corrected chi connectivity index (χ3v) is 0. The summed E-state index contributed by atoms with van der Waals surface area (Å²) in [5.74, 6) is 0. The van der Waals surface area contributed by atoms with Crippen LogP contribution in [0.3, 0.4) is 0 Å². The van der Waals surface area contributed by atoms with Gasteiger partial charge in [0.2, 0.25) is 0 Å². The molecule has 0 aromatic carbocycles. The first-order valence-electron chi connectivity index (χ1n) is 2.58. The highest BCUT2D eigenvalue weighted by Crippen LogP contribution is 1.65. The van der Waals surface area contributed by atoms with Crippen molar-refractivity contribution in [2.24, 2.45) is 0 Å². The second kappa shape index (κ2) is 40.0. The molecule has 0 aliphatic rings. The lowest BCUT2D eigenvalue weighted by Gasteiger charge is -1.80. The fraction of sp³-hybridized carbons (Fsp3) is 0.833. The van der Waals surface area contributed by atoms with Gasteiger partial charge in [-0.2, -0.15) is 5.26 Å². The minimum Gasteiger partial charge on any atom is -0.412 e. The second-order valence-electron chi connectivity index (χ2n) is 1.32. The maximum absolute atomic E-state index is 8.06. The molecule has 0 rings (SSSR count). The highest BCUT2D eigenvalue weighted by atomic mass is 16.3. The van der Waals surface area contributed by atoms with E-state index >= 15 is 0 Å². The van der Waals surface area contributed by atoms with Crippen LogP contribution in [0.4, 0.5) is 0 Å². The molecule has 0 aliphatic carbocycles. The summed E-state index contributed by atoms with van der Waals surface area (Å²) in [6.07, 6.45) is -0.167. The summed E-state index contributed by atoms with van der Waals surface area (Å²) in [6.45, 7) is 4.88. The van der Waals surface area contributed by atoms with Crippen molar-refractivity contribution in [2.45, 2.75) is 26.9 Å². The standard InChI is InChI=1S/C3H8O.C2H3N.CH4O.H2O/c1-3(2)4;1-2-3;1-2;/h3-4H,1-2H3;1H3;2H,1H3;1H2. The van der Waals surface area contributed by atoms with Gasteiger partial charge >= 0.3 is 0 Å². The Morgan fingerprint density at radius 1 is 1.30 bits per heavy atom. The van der Waals surface area contributed by atoms with E-state index in [1.54, 1.807) is 19.9 Å². The van der Waals surface area contributed by atoms with Gasteiger partial charge < -0.3 is 15.7 Å². The molecule has 0 saturated heterocycles. The first-order chi connectivity index (χ1) is 4.15. The van der Waals surface area contributed by atoms with Crippen LogP contribution in [0.5, 0.6) is 0 Å². The molecule has 4 nitrogen and oxygen atoms in total. The SMILES string of the molecule is CC#N.CC(C)O.CO.O. The zero-order valence-electron chi connectivity index (χ0n) is 6.92. The Morgan fingerprint density at radius 2 is 1.30 bits per heavy atom. The zero-order valence-corrected chi connectivity index (χ0v) is 6.92. The molecule has 0 atom stereocenters. The molecule has 0 amide bonds. The van der Waals surface area contributed by atoms with Crippen LogP contribution in [-0.4, -0.2) is 28.9 Å². The van der Waals surface area contributed by atoms with E-state index in [2.05, 4.69) is 0 Å². The van der Waals surface area contributed by atoms with Gasteiger partial charge in [0.05, 0.1) is 6.07 Å². The molecule has 0 aliphatic heterocycles. The Kier molecular flexibility index (Phi) is 91.1. The normalized spacial score (nSPS) is 5.00. The van der Waals surface area contributed by atoms with E-state index in [-0.39, 0.29) is 11.6 Å². The van der Waals surface area contributed by atoms with Crippen molar-refractivity contribution in [3.05, 3.63) is 0 Å². The van der Waals surface area contributed by atoms with E-state index < -0.39 is 0 Å². The Labute approximate surface area is 62.0 Å². The fourth-order valence-corrected chi connectivity index (χ4v) is 0. The smallest absolute Gasteiger partial charge is 0.0587 e. The molecule has 0 spiro atoms. The summed E-state index contributed by atoms with van der Waals surface area (Å²) in [5.41, 5.74) is 0. The van der Waals surface area contributed by atoms with E-state index in [0.717, 1.165) is 7.11 Å². The van der Waals surface area contributed by atoms with Crippen LogP contribution < -0.4 is 0 Å². The van der Waals surface area contributed by atoms with Gasteiger partial charge in [-0.15, -0.1) is 0 Å². The third kappa shape index (κ3) is 753. The number of nitrogens with zero attached hydrogens (tertiary/aromatic N) is 1. The molecule has 0 aromatic heterocycles. The monoisotopic (exact) mass is 151 g/mol. The summed E-state index contributed by atoms with van der Waals surface area (Å²) >= 11 is 0. The van der Waals surface area contributed by atoms with E-state index in [1.165, 1.54) is 6.92 Å². The molecule has 0 fully saturated rings. The van der Waals surface area contributed by atoms with Crippen LogP contribution in [0, 0.1) is 11.3 Å². The quantitative estimate of drug-likeness (QED) is 0.497. The largest absolute Gasteiger partial charge is 0.412 e. The van der Waals surface area contributed by atoms with Crippen LogP contribution in [0.25, 0.3) is 0 Å². The molecule has 4 N–H and O–H groups in total. The Balaban J connectivity index is -0.0000000273. The average molecular weight is 151 g/mol. The number of hydrogen-bond donors (Lipinski definition) is 2. The predicted octanol–water partition coefficient (Wildman–Crippen LogP) is -0.299. The number of aliphatic hydroxyl groups is 2. The van der Waals surface area contributed by atoms with Gasteiger partial charge in [-0.05, 0) is 13.8 Å². The summed E-state index contributed by atoms with van der Waals surface area (Å²) in [7, 11) is 1.00. The minimum atomic E-state index is -0.167. The minimum absolute atomic E-state index is 0. The van der Waals surface area contributed by atoms with Crippen LogP contribution in [0.1, 0.15) is 20.8 Å². The van der Waals surface area contributed by atoms with Gasteiger partial charge in [-0.25, -0.2) is 0 Å². The predicted molar refractivity (Wildman–Crippen MR) is 40.4 cm³/mol. The van der Waals surface area contributed by atoms with E-state index in [0.29, 0.717) is 0 Å². The van der Waals surface area contributed by atoms with Crippen LogP contribution in [-0.2, 0) is 0 Å². The topological polar surface area (TPSA) is 95.8 Å². The average Bonchev–Trinajstić information content (AvgIpc) is 1.71. The summed E-state index contributed by atoms with van der Waals surface area (Å²) in [5, 5.41) is 22.4.